The second-order valence-corrected chi connectivity index (χ2v) is 8.10. The van der Waals surface area contributed by atoms with Crippen LogP contribution >= 0.6 is 0 Å². The van der Waals surface area contributed by atoms with Gasteiger partial charge in [-0.15, -0.1) is 0 Å². The van der Waals surface area contributed by atoms with Gasteiger partial charge in [0, 0.05) is 14.1 Å². The van der Waals surface area contributed by atoms with Crippen molar-refractivity contribution in [3.8, 4) is 11.5 Å². The number of para-hydroxylation sites is 2. The Kier molecular flexibility index (Phi) is 5.10. The first-order chi connectivity index (χ1) is 13.9. The Morgan fingerprint density at radius 2 is 1.86 bits per heavy atom. The first-order valence-corrected chi connectivity index (χ1v) is 10.1. The van der Waals surface area contributed by atoms with Gasteiger partial charge in [0.1, 0.15) is 18.7 Å². The summed E-state index contributed by atoms with van der Waals surface area (Å²) < 4.78 is 11.6. The van der Waals surface area contributed by atoms with E-state index in [2.05, 4.69) is 0 Å². The number of carbonyl (C=O) groups excluding carboxylic acids is 3. The molecule has 8 nitrogen and oxygen atoms in total. The maximum absolute atomic E-state index is 13.0. The largest absolute Gasteiger partial charge is 0.486 e. The van der Waals surface area contributed by atoms with Crippen LogP contribution in [0.15, 0.2) is 24.3 Å². The van der Waals surface area contributed by atoms with Gasteiger partial charge < -0.3 is 19.3 Å². The number of rotatable bonds is 4. The molecule has 1 saturated carbocycles. The molecule has 1 aromatic rings. The number of hydrogen-bond donors (Lipinski definition) is 0. The lowest BCUT2D eigenvalue weighted by molar-refractivity contribution is -0.140. The molecular weight excluding hydrogens is 374 g/mol. The van der Waals surface area contributed by atoms with E-state index in [1.807, 2.05) is 24.3 Å². The highest BCUT2D eigenvalue weighted by Crippen LogP contribution is 2.39. The first kappa shape index (κ1) is 19.5. The summed E-state index contributed by atoms with van der Waals surface area (Å²) in [5.41, 5.74) is -0.766. The number of likely N-dealkylation sites (N-methyl/N-ethyl adjacent to an activating group) is 2. The van der Waals surface area contributed by atoms with Crippen molar-refractivity contribution in [3.05, 3.63) is 24.3 Å². The lowest BCUT2D eigenvalue weighted by Gasteiger charge is -2.35. The Morgan fingerprint density at radius 1 is 1.17 bits per heavy atom. The number of hydrogen-bond acceptors (Lipinski definition) is 5. The number of fused-ring (bicyclic) bond motifs is 1. The van der Waals surface area contributed by atoms with Crippen LogP contribution in [-0.4, -0.2) is 78.0 Å². The number of ether oxygens (including phenoxy) is 2. The van der Waals surface area contributed by atoms with Crippen molar-refractivity contribution in [2.75, 3.05) is 33.8 Å². The molecule has 2 heterocycles. The fraction of sp³-hybridized carbons (Fsp3) is 0.571. The minimum absolute atomic E-state index is 0.238. The quantitative estimate of drug-likeness (QED) is 0.720. The average molecular weight is 401 g/mol. The third-order valence-electron chi connectivity index (χ3n) is 6.25. The summed E-state index contributed by atoms with van der Waals surface area (Å²) in [5.74, 6) is 0.801. The van der Waals surface area contributed by atoms with Crippen LogP contribution < -0.4 is 9.47 Å². The second kappa shape index (κ2) is 7.57. The predicted octanol–water partition coefficient (Wildman–Crippen LogP) is 1.88. The molecule has 2 fully saturated rings. The van der Waals surface area contributed by atoms with Crippen LogP contribution in [0.25, 0.3) is 0 Å². The molecule has 2 aliphatic heterocycles. The number of urea groups is 1. The Morgan fingerprint density at radius 3 is 2.59 bits per heavy atom. The molecule has 1 spiro atoms. The molecule has 29 heavy (non-hydrogen) atoms. The number of carbonyl (C=O) groups is 3. The number of nitrogens with zero attached hydrogens (tertiary/aromatic N) is 3. The van der Waals surface area contributed by atoms with E-state index in [-0.39, 0.29) is 30.5 Å². The standard InChI is InChI=1S/C21H27N3O5/c1-22(12-15-14-28-16-8-4-5-9-17(16)29-15)18(25)13-24-19(26)21(23(2)20(24)27)10-6-3-7-11-21/h4-5,8-9,15H,3,6-7,10-14H2,1-2H3. The van der Waals surface area contributed by atoms with E-state index in [1.54, 1.807) is 14.1 Å². The van der Waals surface area contributed by atoms with Crippen LogP contribution in [0, 0.1) is 0 Å². The Balaban J connectivity index is 1.38. The predicted molar refractivity (Wildman–Crippen MR) is 105 cm³/mol. The lowest BCUT2D eigenvalue weighted by Crippen LogP contribution is -2.50. The van der Waals surface area contributed by atoms with Gasteiger partial charge in [-0.2, -0.15) is 0 Å². The van der Waals surface area contributed by atoms with Crippen molar-refractivity contribution in [2.45, 2.75) is 43.7 Å². The molecule has 1 aliphatic carbocycles. The van der Waals surface area contributed by atoms with Crippen molar-refractivity contribution in [3.63, 3.8) is 0 Å². The van der Waals surface area contributed by atoms with E-state index in [0.29, 0.717) is 37.5 Å². The van der Waals surface area contributed by atoms with Crippen molar-refractivity contribution in [1.82, 2.24) is 14.7 Å². The van der Waals surface area contributed by atoms with Crippen LogP contribution in [0.4, 0.5) is 4.79 Å². The maximum Gasteiger partial charge on any atom is 0.327 e. The summed E-state index contributed by atoms with van der Waals surface area (Å²) in [6.45, 7) is 0.400. The molecule has 4 amide bonds. The average Bonchev–Trinajstić information content (AvgIpc) is 2.90. The van der Waals surface area contributed by atoms with Crippen LogP contribution in [-0.2, 0) is 9.59 Å². The molecular formula is C21H27N3O5. The van der Waals surface area contributed by atoms with E-state index < -0.39 is 5.54 Å². The molecule has 0 radical (unpaired) electrons. The summed E-state index contributed by atoms with van der Waals surface area (Å²) in [6.07, 6.45) is 3.95. The van der Waals surface area contributed by atoms with Gasteiger partial charge in [0.05, 0.1) is 6.54 Å². The smallest absolute Gasteiger partial charge is 0.327 e. The number of benzene rings is 1. The molecule has 8 heteroatoms. The van der Waals surface area contributed by atoms with E-state index in [0.717, 1.165) is 24.2 Å². The molecule has 0 N–H and O–H groups in total. The van der Waals surface area contributed by atoms with E-state index in [1.165, 1.54) is 9.80 Å². The van der Waals surface area contributed by atoms with Gasteiger partial charge >= 0.3 is 6.03 Å². The molecule has 3 aliphatic rings. The second-order valence-electron chi connectivity index (χ2n) is 8.10. The molecule has 0 aromatic heterocycles. The Labute approximate surface area is 170 Å². The fourth-order valence-electron chi connectivity index (χ4n) is 4.49. The molecule has 1 aromatic carbocycles. The third kappa shape index (κ3) is 3.41. The molecule has 1 atom stereocenters. The van der Waals surface area contributed by atoms with Crippen molar-refractivity contribution < 1.29 is 23.9 Å². The molecule has 4 rings (SSSR count). The minimum Gasteiger partial charge on any atom is -0.486 e. The lowest BCUT2D eigenvalue weighted by atomic mass is 9.81. The van der Waals surface area contributed by atoms with Gasteiger partial charge in [-0.1, -0.05) is 31.4 Å². The van der Waals surface area contributed by atoms with Gasteiger partial charge in [-0.25, -0.2) is 4.79 Å². The summed E-state index contributed by atoms with van der Waals surface area (Å²) in [7, 11) is 3.32. The molecule has 156 valence electrons. The molecule has 0 bridgehead atoms. The fourth-order valence-corrected chi connectivity index (χ4v) is 4.49. The maximum atomic E-state index is 13.0. The summed E-state index contributed by atoms with van der Waals surface area (Å²) in [5, 5.41) is 0. The van der Waals surface area contributed by atoms with E-state index >= 15 is 0 Å². The zero-order valence-corrected chi connectivity index (χ0v) is 16.9. The summed E-state index contributed by atoms with van der Waals surface area (Å²) in [4.78, 5) is 42.6. The van der Waals surface area contributed by atoms with Crippen LogP contribution in [0.2, 0.25) is 0 Å². The van der Waals surface area contributed by atoms with Crippen molar-refractivity contribution >= 4 is 17.8 Å². The normalized spacial score (nSPS) is 22.9. The topological polar surface area (TPSA) is 79.4 Å². The van der Waals surface area contributed by atoms with Crippen LogP contribution in [0.5, 0.6) is 11.5 Å². The van der Waals surface area contributed by atoms with Crippen molar-refractivity contribution in [2.24, 2.45) is 0 Å². The van der Waals surface area contributed by atoms with Gasteiger partial charge in [0.15, 0.2) is 17.6 Å². The minimum atomic E-state index is -0.766. The van der Waals surface area contributed by atoms with Crippen molar-refractivity contribution in [1.29, 1.82) is 0 Å². The van der Waals surface area contributed by atoms with Crippen LogP contribution in [0.1, 0.15) is 32.1 Å². The zero-order valence-electron chi connectivity index (χ0n) is 16.9. The molecule has 1 saturated heterocycles. The van der Waals surface area contributed by atoms with E-state index in [9.17, 15) is 14.4 Å². The number of amides is 4. The summed E-state index contributed by atoms with van der Waals surface area (Å²) >= 11 is 0. The molecule has 1 unspecified atom stereocenters. The highest BCUT2D eigenvalue weighted by Gasteiger charge is 2.55. The number of imide groups is 1. The van der Waals surface area contributed by atoms with Gasteiger partial charge in [-0.05, 0) is 25.0 Å². The van der Waals surface area contributed by atoms with Gasteiger partial charge in [-0.3, -0.25) is 14.5 Å². The SMILES string of the molecule is CN(CC1COc2ccccc2O1)C(=O)CN1C(=O)N(C)C2(CCCCC2)C1=O. The summed E-state index contributed by atoms with van der Waals surface area (Å²) in [6, 6.07) is 7.01. The zero-order chi connectivity index (χ0) is 20.6. The Hall–Kier alpha value is -2.77. The highest BCUT2D eigenvalue weighted by atomic mass is 16.6. The third-order valence-corrected chi connectivity index (χ3v) is 6.25. The first-order valence-electron chi connectivity index (χ1n) is 10.1. The van der Waals surface area contributed by atoms with Crippen LogP contribution in [0.3, 0.4) is 0 Å². The van der Waals surface area contributed by atoms with E-state index in [4.69, 9.17) is 9.47 Å². The van der Waals surface area contributed by atoms with Gasteiger partial charge in [0.2, 0.25) is 5.91 Å². The highest BCUT2D eigenvalue weighted by molar-refractivity contribution is 6.08. The van der Waals surface area contributed by atoms with Gasteiger partial charge in [0.25, 0.3) is 5.91 Å². The monoisotopic (exact) mass is 401 g/mol. The Bertz CT molecular complexity index is 820.